The monoisotopic (exact) mass is 901 g/mol. The normalized spacial score (nSPS) is 27.0. The van der Waals surface area contributed by atoms with Gasteiger partial charge in [-0.25, -0.2) is 23.2 Å². The van der Waals surface area contributed by atoms with Gasteiger partial charge in [0.25, 0.3) is 5.91 Å². The molecule has 0 radical (unpaired) electrons. The fourth-order valence-corrected chi connectivity index (χ4v) is 10.00. The molecule has 346 valence electrons. The van der Waals surface area contributed by atoms with Crippen molar-refractivity contribution in [3.05, 3.63) is 54.7 Å². The van der Waals surface area contributed by atoms with Gasteiger partial charge in [-0.15, -0.1) is 0 Å². The van der Waals surface area contributed by atoms with E-state index in [2.05, 4.69) is 32.6 Å². The highest BCUT2D eigenvalue weighted by atomic mass is 32.2. The smallest absolute Gasteiger partial charge is 0.315 e. The summed E-state index contributed by atoms with van der Waals surface area (Å²) in [5, 5.41) is 10.2. The van der Waals surface area contributed by atoms with E-state index < -0.39 is 73.7 Å². The van der Waals surface area contributed by atoms with E-state index in [-0.39, 0.29) is 43.2 Å². The van der Waals surface area contributed by atoms with E-state index in [0.717, 1.165) is 11.8 Å². The number of allylic oxidation sites excluding steroid dienone is 1. The van der Waals surface area contributed by atoms with Crippen LogP contribution in [0.1, 0.15) is 100 Å². The average Bonchev–Trinajstić information content (AvgIpc) is 4.10. The number of carbonyl (C=O) groups excluding carboxylic acids is 4. The Hall–Kier alpha value is -5.45. The zero-order chi connectivity index (χ0) is 46.4. The maximum Gasteiger partial charge on any atom is 0.315 e. The van der Waals surface area contributed by atoms with Crippen molar-refractivity contribution in [1.29, 1.82) is 0 Å². The molecule has 0 spiro atoms. The summed E-state index contributed by atoms with van der Waals surface area (Å²) in [4.78, 5) is 68.3. The number of nitrogens with zero attached hydrogens (tertiary/aromatic N) is 3. The first kappa shape index (κ1) is 46.5. The van der Waals surface area contributed by atoms with Gasteiger partial charge in [-0.05, 0) is 128 Å². The van der Waals surface area contributed by atoms with Crippen LogP contribution in [-0.2, 0) is 24.4 Å². The summed E-state index contributed by atoms with van der Waals surface area (Å²) in [5.74, 6) is -1.26. The topological polar surface area (TPSA) is 207 Å². The molecule has 3 fully saturated rings. The minimum Gasteiger partial charge on any atom is -0.497 e. The number of aromatic nitrogens is 2. The molecule has 1 saturated heterocycles. The van der Waals surface area contributed by atoms with Gasteiger partial charge in [0.15, 0.2) is 0 Å². The molecule has 4 N–H and O–H groups in total. The number of amides is 5. The third-order valence-electron chi connectivity index (χ3n) is 12.7. The lowest BCUT2D eigenvalue weighted by Gasteiger charge is -2.33. The molecule has 7 atom stereocenters. The second kappa shape index (κ2) is 17.8. The van der Waals surface area contributed by atoms with Gasteiger partial charge in [-0.3, -0.25) is 19.1 Å². The molecule has 64 heavy (non-hydrogen) atoms. The molecule has 5 amide bonds. The van der Waals surface area contributed by atoms with Crippen molar-refractivity contribution >= 4 is 44.5 Å². The average molecular weight is 902 g/mol. The van der Waals surface area contributed by atoms with E-state index in [4.69, 9.17) is 19.2 Å². The molecule has 4 aliphatic rings. The molecule has 3 aromatic rings. The molecule has 16 nitrogen and oxygen atoms in total. The Morgan fingerprint density at radius 1 is 1.05 bits per heavy atom. The molecule has 2 saturated carbocycles. The van der Waals surface area contributed by atoms with Crippen molar-refractivity contribution in [2.24, 2.45) is 17.8 Å². The SMILES string of the molecule is COc1ccc2c(O[C@@H]3C[C@H]4C(=O)N[C@]5(C(=O)NS(=O)(=O)C6(C)CC6)C[C@H]5C=CCC[C@@H](C)C[C@@H](C)[C@H](NC(=O)NC(C)(C)C)C(=O)N4C3)nc(-c3ccc(OC(C)C)nc3)cc2c1. The van der Waals surface area contributed by atoms with Gasteiger partial charge in [0, 0.05) is 41.1 Å². The molecule has 7 rings (SSSR count). The van der Waals surface area contributed by atoms with Gasteiger partial charge in [-0.1, -0.05) is 26.0 Å². The minimum atomic E-state index is -4.03. The summed E-state index contributed by atoms with van der Waals surface area (Å²) in [6.07, 6.45) is 7.75. The molecular weight excluding hydrogens is 839 g/mol. The molecule has 17 heteroatoms. The summed E-state index contributed by atoms with van der Waals surface area (Å²) >= 11 is 0. The number of benzene rings is 1. The van der Waals surface area contributed by atoms with E-state index in [9.17, 15) is 22.8 Å². The fraction of sp³-hybridized carbons (Fsp3) is 0.574. The van der Waals surface area contributed by atoms with Crippen LogP contribution in [0.3, 0.4) is 0 Å². The molecular formula is C47H63N7O9S. The third-order valence-corrected chi connectivity index (χ3v) is 14.9. The number of methoxy groups -OCH3 is 1. The van der Waals surface area contributed by atoms with Crippen LogP contribution in [-0.4, -0.2) is 101 Å². The number of urea groups is 1. The minimum absolute atomic E-state index is 0.00416. The van der Waals surface area contributed by atoms with Crippen molar-refractivity contribution in [3.63, 3.8) is 0 Å². The Kier molecular flexibility index (Phi) is 13.0. The molecule has 2 aliphatic carbocycles. The number of hydrogen-bond acceptors (Lipinski definition) is 11. The number of rotatable bonds is 10. The van der Waals surface area contributed by atoms with Crippen LogP contribution in [0, 0.1) is 17.8 Å². The number of nitrogens with one attached hydrogen (secondary N) is 4. The zero-order valence-electron chi connectivity index (χ0n) is 38.3. The highest BCUT2D eigenvalue weighted by molar-refractivity contribution is 7.91. The van der Waals surface area contributed by atoms with Crippen LogP contribution in [0.2, 0.25) is 0 Å². The number of fused-ring (bicyclic) bond motifs is 3. The largest absolute Gasteiger partial charge is 0.497 e. The predicted molar refractivity (Wildman–Crippen MR) is 242 cm³/mol. The first-order chi connectivity index (χ1) is 30.1. The molecule has 0 bridgehead atoms. The quantitative estimate of drug-likeness (QED) is 0.179. The van der Waals surface area contributed by atoms with Crippen molar-refractivity contribution < 1.29 is 41.8 Å². The van der Waals surface area contributed by atoms with E-state index in [1.165, 1.54) is 4.90 Å². The van der Waals surface area contributed by atoms with Crippen molar-refractivity contribution in [2.45, 2.75) is 140 Å². The summed E-state index contributed by atoms with van der Waals surface area (Å²) < 4.78 is 46.0. The second-order valence-electron chi connectivity index (χ2n) is 19.7. The molecule has 2 aromatic heterocycles. The Balaban J connectivity index is 1.26. The van der Waals surface area contributed by atoms with Gasteiger partial charge >= 0.3 is 6.03 Å². The second-order valence-corrected chi connectivity index (χ2v) is 21.9. The Morgan fingerprint density at radius 2 is 1.80 bits per heavy atom. The first-order valence-electron chi connectivity index (χ1n) is 22.3. The van der Waals surface area contributed by atoms with Crippen LogP contribution in [0.5, 0.6) is 17.5 Å². The van der Waals surface area contributed by atoms with Crippen LogP contribution in [0.15, 0.2) is 54.7 Å². The van der Waals surface area contributed by atoms with E-state index in [1.807, 2.05) is 78.0 Å². The lowest BCUT2D eigenvalue weighted by molar-refractivity contribution is -0.142. The van der Waals surface area contributed by atoms with Gasteiger partial charge in [-0.2, -0.15) is 0 Å². The number of sulfonamides is 1. The zero-order valence-corrected chi connectivity index (χ0v) is 39.1. The number of pyridine rings is 2. The maximum absolute atomic E-state index is 15.1. The van der Waals surface area contributed by atoms with Crippen molar-refractivity contribution in [1.82, 2.24) is 35.5 Å². The van der Waals surface area contributed by atoms with Crippen LogP contribution in [0.4, 0.5) is 4.79 Å². The number of carbonyl (C=O) groups is 4. The first-order valence-corrected chi connectivity index (χ1v) is 23.8. The Bertz CT molecular complexity index is 2410. The summed E-state index contributed by atoms with van der Waals surface area (Å²) in [6, 6.07) is 8.29. The Morgan fingerprint density at radius 3 is 2.45 bits per heavy atom. The van der Waals surface area contributed by atoms with Gasteiger partial charge in [0.1, 0.15) is 29.5 Å². The van der Waals surface area contributed by atoms with Crippen LogP contribution in [0.25, 0.3) is 22.0 Å². The summed E-state index contributed by atoms with van der Waals surface area (Å²) in [7, 11) is -2.45. The summed E-state index contributed by atoms with van der Waals surface area (Å²) in [6.45, 7) is 14.9. The van der Waals surface area contributed by atoms with Crippen LogP contribution >= 0.6 is 0 Å². The Labute approximate surface area is 376 Å². The highest BCUT2D eigenvalue weighted by Gasteiger charge is 2.63. The van der Waals surface area contributed by atoms with Gasteiger partial charge < -0.3 is 35.1 Å². The van der Waals surface area contributed by atoms with E-state index in [1.54, 1.807) is 32.4 Å². The van der Waals surface area contributed by atoms with Gasteiger partial charge in [0.2, 0.25) is 33.6 Å². The maximum atomic E-state index is 15.1. The molecule has 0 unspecified atom stereocenters. The lowest BCUT2D eigenvalue weighted by atomic mass is 9.88. The van der Waals surface area contributed by atoms with Crippen molar-refractivity contribution in [2.75, 3.05) is 13.7 Å². The predicted octanol–water partition coefficient (Wildman–Crippen LogP) is 5.79. The van der Waals surface area contributed by atoms with Gasteiger partial charge in [0.05, 0.1) is 30.2 Å². The van der Waals surface area contributed by atoms with E-state index >= 15 is 4.79 Å². The third kappa shape index (κ3) is 10.2. The molecule has 1 aromatic carbocycles. The summed E-state index contributed by atoms with van der Waals surface area (Å²) in [5.41, 5.74) is -0.912. The van der Waals surface area contributed by atoms with Crippen LogP contribution < -0.4 is 34.9 Å². The standard InChI is InChI=1S/C47H63N7O9S/c1-27(2)62-38-17-14-30(25-48-38)36-22-31-21-33(61-9)15-16-35(31)41(49-36)63-34-23-37-40(55)51-47(43(57)53-64(59,60)46(8)18-19-46)24-32(47)13-11-10-12-28(3)20-29(4)39(42(56)54(37)26-34)50-44(58)52-45(5,6)7/h11,13-17,21-22,25,27-29,32,34,37,39H,10,12,18-20,23-24,26H2,1-9H3,(H,51,55)(H,53,57)(H2,50,52,58)/t28-,29-,32-,34-,37+,39+,47-/m1/s1. The molecule has 2 aliphatic heterocycles. The fourth-order valence-electron chi connectivity index (χ4n) is 8.68. The lowest BCUT2D eigenvalue weighted by Crippen LogP contribution is -2.60. The number of hydrogen-bond donors (Lipinski definition) is 4. The highest BCUT2D eigenvalue weighted by Crippen LogP contribution is 2.48. The van der Waals surface area contributed by atoms with Crippen molar-refractivity contribution in [3.8, 4) is 28.8 Å². The number of ether oxygens (including phenoxy) is 3. The molecule has 4 heterocycles. The van der Waals surface area contributed by atoms with E-state index in [0.29, 0.717) is 54.0 Å².